The molecule has 1 unspecified atom stereocenters. The predicted octanol–water partition coefficient (Wildman–Crippen LogP) is 0.828. The number of aliphatic hydroxyl groups excluding tert-OH is 1. The van der Waals surface area contributed by atoms with E-state index in [2.05, 4.69) is 5.32 Å². The molecular formula is C14H22N2O3. The number of ether oxygens (including phenoxy) is 1. The molecule has 0 radical (unpaired) electrons. The summed E-state index contributed by atoms with van der Waals surface area (Å²) in [6.07, 6.45) is -0.779. The first-order valence-electron chi connectivity index (χ1n) is 6.31. The van der Waals surface area contributed by atoms with Crippen LogP contribution in [0.1, 0.15) is 25.5 Å². The fourth-order valence-corrected chi connectivity index (χ4v) is 1.58. The summed E-state index contributed by atoms with van der Waals surface area (Å²) in [4.78, 5) is 11.7. The lowest BCUT2D eigenvalue weighted by Crippen LogP contribution is -2.45. The van der Waals surface area contributed by atoms with E-state index in [9.17, 15) is 9.90 Å². The van der Waals surface area contributed by atoms with Crippen molar-refractivity contribution in [1.29, 1.82) is 0 Å². The molecule has 0 heterocycles. The Morgan fingerprint density at radius 2 is 2.16 bits per heavy atom. The fraction of sp³-hybridized carbons (Fsp3) is 0.500. The molecule has 5 nitrogen and oxygen atoms in total. The zero-order chi connectivity index (χ0) is 14.4. The molecule has 1 amide bonds. The van der Waals surface area contributed by atoms with E-state index in [4.69, 9.17) is 10.5 Å². The van der Waals surface area contributed by atoms with Gasteiger partial charge < -0.3 is 20.9 Å². The number of hydrogen-bond acceptors (Lipinski definition) is 4. The molecule has 1 rings (SSSR count). The summed E-state index contributed by atoms with van der Waals surface area (Å²) in [5.74, 6) is 0.479. The third kappa shape index (κ3) is 4.54. The highest BCUT2D eigenvalue weighted by atomic mass is 16.5. The van der Waals surface area contributed by atoms with Crippen LogP contribution in [0.4, 0.5) is 0 Å². The van der Waals surface area contributed by atoms with Gasteiger partial charge in [-0.15, -0.1) is 0 Å². The molecule has 0 aromatic heterocycles. The molecule has 0 aliphatic rings. The standard InChI is InChI=1S/C14H22N2O3/c1-9(2)13(15)14(18)16-8-12(17)10-5-4-6-11(7-10)19-3/h4-7,9,12-13,17H,8,15H2,1-3H3,(H,16,18)/t12?,13-/m0/s1. The van der Waals surface area contributed by atoms with E-state index in [0.29, 0.717) is 11.3 Å². The maximum Gasteiger partial charge on any atom is 0.237 e. The second-order valence-electron chi connectivity index (χ2n) is 4.81. The molecule has 106 valence electrons. The molecule has 2 atom stereocenters. The van der Waals surface area contributed by atoms with Crippen LogP contribution < -0.4 is 15.8 Å². The fourth-order valence-electron chi connectivity index (χ4n) is 1.58. The van der Waals surface area contributed by atoms with Gasteiger partial charge in [0.05, 0.1) is 19.3 Å². The number of carbonyl (C=O) groups excluding carboxylic acids is 1. The largest absolute Gasteiger partial charge is 0.497 e. The maximum absolute atomic E-state index is 11.7. The number of hydrogen-bond donors (Lipinski definition) is 3. The smallest absolute Gasteiger partial charge is 0.237 e. The zero-order valence-electron chi connectivity index (χ0n) is 11.6. The molecule has 0 saturated heterocycles. The number of nitrogens with two attached hydrogens (primary N) is 1. The van der Waals surface area contributed by atoms with E-state index in [1.807, 2.05) is 13.8 Å². The lowest BCUT2D eigenvalue weighted by Gasteiger charge is -2.18. The highest BCUT2D eigenvalue weighted by Gasteiger charge is 2.18. The summed E-state index contributed by atoms with van der Waals surface area (Å²) >= 11 is 0. The number of aliphatic hydroxyl groups is 1. The molecule has 0 aliphatic carbocycles. The van der Waals surface area contributed by atoms with E-state index in [1.165, 1.54) is 0 Å². The van der Waals surface area contributed by atoms with Crippen LogP contribution in [0.5, 0.6) is 5.75 Å². The molecule has 0 aliphatic heterocycles. The van der Waals surface area contributed by atoms with Gasteiger partial charge >= 0.3 is 0 Å². The van der Waals surface area contributed by atoms with Crippen LogP contribution in [0.25, 0.3) is 0 Å². The molecule has 4 N–H and O–H groups in total. The Bertz CT molecular complexity index is 421. The Balaban J connectivity index is 2.55. The Morgan fingerprint density at radius 3 is 2.74 bits per heavy atom. The van der Waals surface area contributed by atoms with Crippen molar-refractivity contribution in [3.63, 3.8) is 0 Å². The molecular weight excluding hydrogens is 244 g/mol. The number of carbonyl (C=O) groups is 1. The maximum atomic E-state index is 11.7. The van der Waals surface area contributed by atoms with Crippen molar-refractivity contribution >= 4 is 5.91 Å². The Kier molecular flexibility index (Phi) is 5.79. The van der Waals surface area contributed by atoms with Crippen molar-refractivity contribution < 1.29 is 14.6 Å². The van der Waals surface area contributed by atoms with Crippen molar-refractivity contribution in [1.82, 2.24) is 5.32 Å². The molecule has 1 aromatic rings. The molecule has 0 bridgehead atoms. The van der Waals surface area contributed by atoms with Gasteiger partial charge in [0.15, 0.2) is 0 Å². The van der Waals surface area contributed by atoms with E-state index in [1.54, 1.807) is 31.4 Å². The molecule has 0 spiro atoms. The van der Waals surface area contributed by atoms with Gasteiger partial charge in [-0.05, 0) is 23.6 Å². The molecule has 0 fully saturated rings. The van der Waals surface area contributed by atoms with Crippen molar-refractivity contribution in [2.45, 2.75) is 26.0 Å². The summed E-state index contributed by atoms with van der Waals surface area (Å²) in [5.41, 5.74) is 6.41. The van der Waals surface area contributed by atoms with Crippen LogP contribution in [0.3, 0.4) is 0 Å². The van der Waals surface area contributed by atoms with Gasteiger partial charge in [-0.3, -0.25) is 4.79 Å². The minimum Gasteiger partial charge on any atom is -0.497 e. The predicted molar refractivity (Wildman–Crippen MR) is 73.8 cm³/mol. The average Bonchev–Trinajstić information content (AvgIpc) is 2.43. The highest BCUT2D eigenvalue weighted by molar-refractivity contribution is 5.81. The number of benzene rings is 1. The van der Waals surface area contributed by atoms with Gasteiger partial charge in [0.2, 0.25) is 5.91 Å². The minimum absolute atomic E-state index is 0.0639. The van der Waals surface area contributed by atoms with E-state index in [-0.39, 0.29) is 18.4 Å². The van der Waals surface area contributed by atoms with E-state index >= 15 is 0 Å². The first-order chi connectivity index (χ1) is 8.95. The second kappa shape index (κ2) is 7.11. The third-order valence-electron chi connectivity index (χ3n) is 2.97. The average molecular weight is 266 g/mol. The SMILES string of the molecule is COc1cccc(C(O)CNC(=O)[C@@H](N)C(C)C)c1. The van der Waals surface area contributed by atoms with E-state index < -0.39 is 12.1 Å². The van der Waals surface area contributed by atoms with Gasteiger partial charge in [0, 0.05) is 6.54 Å². The molecule has 19 heavy (non-hydrogen) atoms. The number of rotatable bonds is 6. The Labute approximate surface area is 113 Å². The minimum atomic E-state index is -0.779. The van der Waals surface area contributed by atoms with Crippen molar-refractivity contribution in [3.8, 4) is 5.75 Å². The van der Waals surface area contributed by atoms with Crippen LogP contribution >= 0.6 is 0 Å². The van der Waals surface area contributed by atoms with E-state index in [0.717, 1.165) is 0 Å². The van der Waals surface area contributed by atoms with Crippen LogP contribution in [0.2, 0.25) is 0 Å². The van der Waals surface area contributed by atoms with Crippen LogP contribution in [-0.2, 0) is 4.79 Å². The zero-order valence-corrected chi connectivity index (χ0v) is 11.6. The summed E-state index contributed by atoms with van der Waals surface area (Å²) in [7, 11) is 1.56. The van der Waals surface area contributed by atoms with Gasteiger partial charge in [-0.1, -0.05) is 26.0 Å². The monoisotopic (exact) mass is 266 g/mol. The first kappa shape index (κ1) is 15.5. The molecule has 1 aromatic carbocycles. The Hall–Kier alpha value is -1.59. The Morgan fingerprint density at radius 1 is 1.47 bits per heavy atom. The number of amides is 1. The summed E-state index contributed by atoms with van der Waals surface area (Å²) in [5, 5.41) is 12.6. The normalized spacial score (nSPS) is 14.0. The van der Waals surface area contributed by atoms with Crippen molar-refractivity contribution in [2.24, 2.45) is 11.7 Å². The lowest BCUT2D eigenvalue weighted by molar-refractivity contribution is -0.123. The quantitative estimate of drug-likeness (QED) is 0.712. The van der Waals surface area contributed by atoms with Crippen molar-refractivity contribution in [3.05, 3.63) is 29.8 Å². The topological polar surface area (TPSA) is 84.6 Å². The number of nitrogens with one attached hydrogen (secondary N) is 1. The molecule has 0 saturated carbocycles. The van der Waals surface area contributed by atoms with Crippen LogP contribution in [-0.4, -0.2) is 30.7 Å². The van der Waals surface area contributed by atoms with Crippen LogP contribution in [0.15, 0.2) is 24.3 Å². The van der Waals surface area contributed by atoms with Crippen LogP contribution in [0, 0.1) is 5.92 Å². The van der Waals surface area contributed by atoms with Gasteiger partial charge in [-0.25, -0.2) is 0 Å². The lowest BCUT2D eigenvalue weighted by atomic mass is 10.0. The van der Waals surface area contributed by atoms with Gasteiger partial charge in [0.25, 0.3) is 0 Å². The molecule has 5 heteroatoms. The second-order valence-corrected chi connectivity index (χ2v) is 4.81. The summed E-state index contributed by atoms with van der Waals surface area (Å²) in [6.45, 7) is 3.89. The number of methoxy groups -OCH3 is 1. The summed E-state index contributed by atoms with van der Waals surface area (Å²) < 4.78 is 5.08. The third-order valence-corrected chi connectivity index (χ3v) is 2.97. The van der Waals surface area contributed by atoms with Crippen molar-refractivity contribution in [2.75, 3.05) is 13.7 Å². The summed E-state index contributed by atoms with van der Waals surface area (Å²) in [6, 6.07) is 6.54. The first-order valence-corrected chi connectivity index (χ1v) is 6.31. The van der Waals surface area contributed by atoms with Gasteiger partial charge in [-0.2, -0.15) is 0 Å². The van der Waals surface area contributed by atoms with Gasteiger partial charge in [0.1, 0.15) is 5.75 Å². The highest BCUT2D eigenvalue weighted by Crippen LogP contribution is 2.18.